The highest BCUT2D eigenvalue weighted by Crippen LogP contribution is 2.29. The number of rotatable bonds is 8. The van der Waals surface area contributed by atoms with Gasteiger partial charge in [0.15, 0.2) is 0 Å². The van der Waals surface area contributed by atoms with Crippen LogP contribution < -0.4 is 5.56 Å². The summed E-state index contributed by atoms with van der Waals surface area (Å²) in [5.41, 5.74) is 0.306. The van der Waals surface area contributed by atoms with E-state index in [4.69, 9.17) is 4.74 Å². The maximum atomic E-state index is 13.1. The van der Waals surface area contributed by atoms with Crippen molar-refractivity contribution in [1.29, 1.82) is 0 Å². The summed E-state index contributed by atoms with van der Waals surface area (Å²) in [4.78, 5) is 45.5. The van der Waals surface area contributed by atoms with Gasteiger partial charge in [-0.3, -0.25) is 14.2 Å². The van der Waals surface area contributed by atoms with Crippen molar-refractivity contribution in [3.05, 3.63) is 27.1 Å². The Morgan fingerprint density at radius 3 is 2.50 bits per heavy atom. The highest BCUT2D eigenvalue weighted by atomic mass is 32.1. The quantitative estimate of drug-likeness (QED) is 0.590. The van der Waals surface area contributed by atoms with Crippen molar-refractivity contribution in [1.82, 2.24) is 14.5 Å². The molecule has 0 saturated heterocycles. The summed E-state index contributed by atoms with van der Waals surface area (Å²) in [5, 5.41) is 0.406. The van der Waals surface area contributed by atoms with Gasteiger partial charge < -0.3 is 9.64 Å². The molecule has 0 spiro atoms. The molecule has 0 atom stereocenters. The number of carbonyl (C=O) groups is 2. The maximum absolute atomic E-state index is 13.1. The molecule has 0 radical (unpaired) electrons. The van der Waals surface area contributed by atoms with E-state index >= 15 is 0 Å². The zero-order valence-corrected chi connectivity index (χ0v) is 18.9. The highest BCUT2D eigenvalue weighted by Gasteiger charge is 2.25. The summed E-state index contributed by atoms with van der Waals surface area (Å²) in [5.74, 6) is -0.465. The van der Waals surface area contributed by atoms with Gasteiger partial charge in [0.05, 0.1) is 11.7 Å². The Morgan fingerprint density at radius 2 is 1.87 bits per heavy atom. The molecular weight excluding hydrogens is 402 g/mol. The molecule has 1 amide bonds. The van der Waals surface area contributed by atoms with Crippen LogP contribution in [0.4, 0.5) is 0 Å². The van der Waals surface area contributed by atoms with E-state index in [1.54, 1.807) is 11.8 Å². The second-order valence-corrected chi connectivity index (χ2v) is 8.96. The molecule has 1 aliphatic rings. The van der Waals surface area contributed by atoms with Crippen LogP contribution in [0.2, 0.25) is 0 Å². The number of hydrogen-bond acceptors (Lipinski definition) is 6. The fourth-order valence-corrected chi connectivity index (χ4v) is 5.02. The number of amides is 1. The first-order valence-electron chi connectivity index (χ1n) is 10.9. The molecule has 0 unspecified atom stereocenters. The molecule has 164 valence electrons. The van der Waals surface area contributed by atoms with Gasteiger partial charge in [-0.15, -0.1) is 11.3 Å². The van der Waals surface area contributed by atoms with E-state index in [-0.39, 0.29) is 30.1 Å². The van der Waals surface area contributed by atoms with Crippen LogP contribution >= 0.6 is 11.3 Å². The molecule has 1 fully saturated rings. The first-order chi connectivity index (χ1) is 14.5. The van der Waals surface area contributed by atoms with Crippen LogP contribution in [0.5, 0.6) is 0 Å². The van der Waals surface area contributed by atoms with Crippen LogP contribution in [-0.4, -0.2) is 45.5 Å². The average Bonchev–Trinajstić information content (AvgIpc) is 3.08. The van der Waals surface area contributed by atoms with Gasteiger partial charge in [0.2, 0.25) is 5.91 Å². The lowest BCUT2D eigenvalue weighted by atomic mass is 9.98. The lowest BCUT2D eigenvalue weighted by Gasteiger charge is -2.21. The van der Waals surface area contributed by atoms with Crippen molar-refractivity contribution in [3.63, 3.8) is 0 Å². The molecule has 2 aromatic rings. The van der Waals surface area contributed by atoms with E-state index in [9.17, 15) is 14.4 Å². The molecule has 0 aromatic carbocycles. The molecule has 1 saturated carbocycles. The topological polar surface area (TPSA) is 81.5 Å². The van der Waals surface area contributed by atoms with Gasteiger partial charge in [0.25, 0.3) is 5.56 Å². The predicted molar refractivity (Wildman–Crippen MR) is 118 cm³/mol. The van der Waals surface area contributed by atoms with E-state index in [1.807, 2.05) is 13.8 Å². The van der Waals surface area contributed by atoms with Crippen LogP contribution in [-0.2, 0) is 16.1 Å². The molecule has 8 heteroatoms. The monoisotopic (exact) mass is 433 g/mol. The maximum Gasteiger partial charge on any atom is 0.348 e. The third-order valence-corrected chi connectivity index (χ3v) is 6.75. The van der Waals surface area contributed by atoms with Gasteiger partial charge in [0.1, 0.15) is 22.4 Å². The largest absolute Gasteiger partial charge is 0.458 e. The summed E-state index contributed by atoms with van der Waals surface area (Å²) in [6, 6.07) is 0. The molecule has 0 bridgehead atoms. The second kappa shape index (κ2) is 10.2. The van der Waals surface area contributed by atoms with E-state index in [0.29, 0.717) is 33.7 Å². The van der Waals surface area contributed by atoms with Gasteiger partial charge in [-0.05, 0) is 51.0 Å². The number of carbonyl (C=O) groups excluding carboxylic acids is 2. The molecule has 1 aliphatic carbocycles. The fourth-order valence-electron chi connectivity index (χ4n) is 4.00. The number of nitrogens with zero attached hydrogens (tertiary/aromatic N) is 3. The SMILES string of the molecule is CCCN(CCC)C(=O)Cn1cnc2sc(C(=O)OC3CCCCC3)c(C)c2c1=O. The standard InChI is InChI=1S/C22H31N3O4S/c1-4-11-24(12-5-2)17(26)13-25-14-23-20-18(21(25)27)15(3)19(30-20)22(28)29-16-9-7-6-8-10-16/h14,16H,4-13H2,1-3H3. The third-order valence-electron chi connectivity index (χ3n) is 5.57. The van der Waals surface area contributed by atoms with Gasteiger partial charge in [0, 0.05) is 13.1 Å². The van der Waals surface area contributed by atoms with Crippen LogP contribution in [0.15, 0.2) is 11.1 Å². The molecule has 3 rings (SSSR count). The van der Waals surface area contributed by atoms with Gasteiger partial charge in [-0.1, -0.05) is 20.3 Å². The minimum Gasteiger partial charge on any atom is -0.458 e. The van der Waals surface area contributed by atoms with Gasteiger partial charge >= 0.3 is 5.97 Å². The zero-order valence-electron chi connectivity index (χ0n) is 18.1. The molecule has 2 heterocycles. The number of thiophene rings is 1. The number of aryl methyl sites for hydroxylation is 1. The lowest BCUT2D eigenvalue weighted by molar-refractivity contribution is -0.132. The summed E-state index contributed by atoms with van der Waals surface area (Å²) in [6.45, 7) is 7.11. The average molecular weight is 434 g/mol. The Balaban J connectivity index is 1.83. The lowest BCUT2D eigenvalue weighted by Crippen LogP contribution is -2.37. The van der Waals surface area contributed by atoms with Crippen molar-refractivity contribution in [2.45, 2.75) is 78.4 Å². The zero-order chi connectivity index (χ0) is 21.7. The number of fused-ring (bicyclic) bond motifs is 1. The second-order valence-electron chi connectivity index (χ2n) is 7.96. The molecular formula is C22H31N3O4S. The molecule has 2 aromatic heterocycles. The Morgan fingerprint density at radius 1 is 1.20 bits per heavy atom. The predicted octanol–water partition coefficient (Wildman–Crippen LogP) is 3.90. The van der Waals surface area contributed by atoms with E-state index < -0.39 is 0 Å². The molecule has 0 N–H and O–H groups in total. The van der Waals surface area contributed by atoms with E-state index in [0.717, 1.165) is 38.5 Å². The number of ether oxygens (including phenoxy) is 1. The van der Waals surface area contributed by atoms with Gasteiger partial charge in [-0.2, -0.15) is 0 Å². The molecule has 30 heavy (non-hydrogen) atoms. The summed E-state index contributed by atoms with van der Waals surface area (Å²) in [6.07, 6.45) is 8.25. The van der Waals surface area contributed by atoms with Crippen LogP contribution in [0.25, 0.3) is 10.2 Å². The molecule has 0 aliphatic heterocycles. The molecule has 7 nitrogen and oxygen atoms in total. The third kappa shape index (κ3) is 4.91. The van der Waals surface area contributed by atoms with Crippen LogP contribution in [0, 0.1) is 6.92 Å². The van der Waals surface area contributed by atoms with Crippen molar-refractivity contribution >= 4 is 33.4 Å². The van der Waals surface area contributed by atoms with Crippen molar-refractivity contribution in [2.24, 2.45) is 0 Å². The normalized spacial score (nSPS) is 14.8. The number of aromatic nitrogens is 2. The van der Waals surface area contributed by atoms with E-state index in [2.05, 4.69) is 4.98 Å². The van der Waals surface area contributed by atoms with Crippen molar-refractivity contribution < 1.29 is 14.3 Å². The van der Waals surface area contributed by atoms with E-state index in [1.165, 1.54) is 28.7 Å². The highest BCUT2D eigenvalue weighted by molar-refractivity contribution is 7.20. The first-order valence-corrected chi connectivity index (χ1v) is 11.7. The number of hydrogen-bond donors (Lipinski definition) is 0. The van der Waals surface area contributed by atoms with Crippen molar-refractivity contribution in [3.8, 4) is 0 Å². The summed E-state index contributed by atoms with van der Waals surface area (Å²) >= 11 is 1.19. The summed E-state index contributed by atoms with van der Waals surface area (Å²) < 4.78 is 7.03. The number of esters is 1. The van der Waals surface area contributed by atoms with Gasteiger partial charge in [-0.25, -0.2) is 9.78 Å². The summed E-state index contributed by atoms with van der Waals surface area (Å²) in [7, 11) is 0. The Bertz CT molecular complexity index is 953. The Labute approximate surface area is 181 Å². The smallest absolute Gasteiger partial charge is 0.348 e. The van der Waals surface area contributed by atoms with Crippen LogP contribution in [0.3, 0.4) is 0 Å². The minimum atomic E-state index is -0.374. The minimum absolute atomic E-state index is 0.0405. The first kappa shape index (κ1) is 22.5. The Hall–Kier alpha value is -2.22. The van der Waals surface area contributed by atoms with Crippen LogP contribution in [0.1, 0.15) is 74.0 Å². The fraction of sp³-hybridized carbons (Fsp3) is 0.636. The Kier molecular flexibility index (Phi) is 7.64. The van der Waals surface area contributed by atoms with Crippen molar-refractivity contribution in [2.75, 3.05) is 13.1 Å².